The highest BCUT2D eigenvalue weighted by molar-refractivity contribution is 6.31. The summed E-state index contributed by atoms with van der Waals surface area (Å²) in [4.78, 5) is 33.7. The van der Waals surface area contributed by atoms with Gasteiger partial charge in [0.25, 0.3) is 0 Å². The number of Topliss-reactive ketones (excluding diaryl/α,β-unsaturated/α-hetero) is 1. The van der Waals surface area contributed by atoms with Crippen molar-refractivity contribution in [2.75, 3.05) is 31.7 Å². The first kappa shape index (κ1) is 30.2. The molecule has 2 aromatic carbocycles. The number of ether oxygens (including phenoxy) is 3. The van der Waals surface area contributed by atoms with Crippen LogP contribution >= 0.6 is 11.6 Å². The van der Waals surface area contributed by atoms with Gasteiger partial charge in [-0.25, -0.2) is 0 Å². The van der Waals surface area contributed by atoms with Crippen molar-refractivity contribution < 1.29 is 23.8 Å². The maximum atomic E-state index is 12.8. The summed E-state index contributed by atoms with van der Waals surface area (Å²) >= 11 is 6.58. The van der Waals surface area contributed by atoms with Gasteiger partial charge in [0.05, 0.1) is 24.4 Å². The number of carbonyl (C=O) groups is 2. The second-order valence-electron chi connectivity index (χ2n) is 10.9. The lowest BCUT2D eigenvalue weighted by atomic mass is 9.89. The summed E-state index contributed by atoms with van der Waals surface area (Å²) in [6.07, 6.45) is 4.27. The molecule has 0 unspecified atom stereocenters. The van der Waals surface area contributed by atoms with E-state index in [0.29, 0.717) is 71.6 Å². The van der Waals surface area contributed by atoms with Crippen molar-refractivity contribution in [1.29, 1.82) is 0 Å². The summed E-state index contributed by atoms with van der Waals surface area (Å²) in [7, 11) is 0. The van der Waals surface area contributed by atoms with Crippen LogP contribution in [0, 0.1) is 5.41 Å². The number of fused-ring (bicyclic) bond motifs is 1. The zero-order chi connectivity index (χ0) is 29.6. The third kappa shape index (κ3) is 8.15. The number of hydrogen-bond donors (Lipinski definition) is 1. The molecule has 0 atom stereocenters. The van der Waals surface area contributed by atoms with E-state index < -0.39 is 0 Å². The van der Waals surface area contributed by atoms with Gasteiger partial charge in [-0.05, 0) is 48.4 Å². The molecular formula is C32H36ClN3O5. The minimum Gasteiger partial charge on any atom is -0.489 e. The lowest BCUT2D eigenvalue weighted by Gasteiger charge is -2.16. The molecule has 0 saturated heterocycles. The number of benzene rings is 2. The molecule has 1 aliphatic heterocycles. The molecule has 0 fully saturated rings. The Balaban J connectivity index is 1.48. The van der Waals surface area contributed by atoms with Gasteiger partial charge in [0.15, 0.2) is 0 Å². The highest BCUT2D eigenvalue weighted by Crippen LogP contribution is 2.37. The molecule has 1 N–H and O–H groups in total. The van der Waals surface area contributed by atoms with E-state index in [9.17, 15) is 9.59 Å². The summed E-state index contributed by atoms with van der Waals surface area (Å²) in [6, 6.07) is 10.6. The van der Waals surface area contributed by atoms with Crippen LogP contribution in [0.25, 0.3) is 10.9 Å². The van der Waals surface area contributed by atoms with E-state index in [1.54, 1.807) is 36.5 Å². The lowest BCUT2D eigenvalue weighted by molar-refractivity contribution is -0.118. The Morgan fingerprint density at radius 1 is 1.05 bits per heavy atom. The molecule has 9 heteroatoms. The van der Waals surface area contributed by atoms with E-state index in [0.717, 1.165) is 16.8 Å². The second-order valence-corrected chi connectivity index (χ2v) is 11.3. The molecule has 0 radical (unpaired) electrons. The molecule has 216 valence electrons. The topological polar surface area (TPSA) is 99.1 Å². The number of nitrogens with zero attached hydrogens (tertiary/aromatic N) is 2. The smallest absolute Gasteiger partial charge is 0.221 e. The number of nitrogens with one attached hydrogen (secondary N) is 1. The van der Waals surface area contributed by atoms with Gasteiger partial charge in [-0.3, -0.25) is 19.6 Å². The van der Waals surface area contributed by atoms with Crippen molar-refractivity contribution in [3.05, 3.63) is 64.8 Å². The Morgan fingerprint density at radius 2 is 1.85 bits per heavy atom. The van der Waals surface area contributed by atoms with Crippen molar-refractivity contribution in [3.8, 4) is 17.2 Å². The van der Waals surface area contributed by atoms with Gasteiger partial charge < -0.3 is 19.5 Å². The summed E-state index contributed by atoms with van der Waals surface area (Å²) in [6.45, 7) is 11.6. The second kappa shape index (κ2) is 13.3. The molecule has 2 heterocycles. The first-order valence-corrected chi connectivity index (χ1v) is 14.0. The van der Waals surface area contributed by atoms with Gasteiger partial charge in [-0.1, -0.05) is 38.4 Å². The standard InChI is InChI=1S/C32H36ClN3O5/c1-6-39-11-12-40-30-18-27-25(17-28(30)36-20(2)37)29(9-10-34-27)41-24-8-7-22(26(33)16-24)15-23(38)13-21-14-31(35-19-21)32(3,4)5/h7-10,14,16-18H,6,11-13,15,19H2,1-5H3,(H,36,37). The van der Waals surface area contributed by atoms with Gasteiger partial charge in [-0.2, -0.15) is 0 Å². The predicted octanol–water partition coefficient (Wildman–Crippen LogP) is 6.98. The molecule has 0 aliphatic carbocycles. The van der Waals surface area contributed by atoms with E-state index in [-0.39, 0.29) is 23.5 Å². The van der Waals surface area contributed by atoms with Gasteiger partial charge in [-0.15, -0.1) is 0 Å². The number of aromatic nitrogens is 1. The van der Waals surface area contributed by atoms with E-state index in [1.807, 2.05) is 19.1 Å². The Hall–Kier alpha value is -3.75. The van der Waals surface area contributed by atoms with Crippen LogP contribution < -0.4 is 14.8 Å². The van der Waals surface area contributed by atoms with Crippen molar-refractivity contribution in [1.82, 2.24) is 4.98 Å². The minimum absolute atomic E-state index is 0.0324. The number of allylic oxidation sites excluding steroid dienone is 1. The minimum atomic E-state index is -0.228. The zero-order valence-electron chi connectivity index (χ0n) is 24.2. The molecule has 3 aromatic rings. The Morgan fingerprint density at radius 3 is 2.54 bits per heavy atom. The molecular weight excluding hydrogens is 542 g/mol. The van der Waals surface area contributed by atoms with E-state index in [1.165, 1.54) is 6.92 Å². The Labute approximate surface area is 245 Å². The molecule has 1 aliphatic rings. The number of pyridine rings is 1. The fraction of sp³-hybridized carbons (Fsp3) is 0.375. The fourth-order valence-corrected chi connectivity index (χ4v) is 4.66. The molecule has 0 spiro atoms. The van der Waals surface area contributed by atoms with Gasteiger partial charge >= 0.3 is 0 Å². The monoisotopic (exact) mass is 577 g/mol. The predicted molar refractivity (Wildman–Crippen MR) is 163 cm³/mol. The molecule has 1 aromatic heterocycles. The van der Waals surface area contributed by atoms with Crippen molar-refractivity contribution >= 4 is 45.6 Å². The SMILES string of the molecule is CCOCCOc1cc2nccc(Oc3ccc(CC(=O)CC4=CC(C(C)(C)C)=NC4)c(Cl)c3)c2cc1NC(C)=O. The molecule has 8 nitrogen and oxygen atoms in total. The quantitative estimate of drug-likeness (QED) is 0.233. The average Bonchev–Trinajstić information content (AvgIpc) is 3.37. The van der Waals surface area contributed by atoms with Crippen LogP contribution in [0.2, 0.25) is 5.02 Å². The van der Waals surface area contributed by atoms with E-state index in [2.05, 4.69) is 36.1 Å². The van der Waals surface area contributed by atoms with Crippen LogP contribution in [0.4, 0.5) is 5.69 Å². The van der Waals surface area contributed by atoms with Gasteiger partial charge in [0.1, 0.15) is 29.6 Å². The molecule has 1 amide bonds. The summed E-state index contributed by atoms with van der Waals surface area (Å²) in [5, 5.41) is 3.95. The van der Waals surface area contributed by atoms with Crippen LogP contribution in [0.5, 0.6) is 17.2 Å². The number of halogens is 1. The summed E-state index contributed by atoms with van der Waals surface area (Å²) in [5.41, 5.74) is 3.90. The molecule has 0 bridgehead atoms. The normalized spacial score (nSPS) is 13.1. The molecule has 0 saturated carbocycles. The average molecular weight is 578 g/mol. The Kier molecular flexibility index (Phi) is 9.78. The fourth-order valence-electron chi connectivity index (χ4n) is 4.42. The highest BCUT2D eigenvalue weighted by Gasteiger charge is 2.22. The maximum Gasteiger partial charge on any atom is 0.221 e. The number of amides is 1. The summed E-state index contributed by atoms with van der Waals surface area (Å²) < 4.78 is 17.4. The van der Waals surface area contributed by atoms with Crippen molar-refractivity contribution in [3.63, 3.8) is 0 Å². The van der Waals surface area contributed by atoms with Crippen LogP contribution in [0.15, 0.2) is 59.2 Å². The van der Waals surface area contributed by atoms with Crippen LogP contribution in [0.3, 0.4) is 0 Å². The van der Waals surface area contributed by atoms with Crippen LogP contribution in [0.1, 0.15) is 46.6 Å². The summed E-state index contributed by atoms with van der Waals surface area (Å²) in [5.74, 6) is 1.39. The zero-order valence-corrected chi connectivity index (χ0v) is 24.9. The number of carbonyl (C=O) groups excluding carboxylic acids is 2. The molecule has 41 heavy (non-hydrogen) atoms. The lowest BCUT2D eigenvalue weighted by Crippen LogP contribution is -2.16. The van der Waals surface area contributed by atoms with Gasteiger partial charge in [0, 0.05) is 60.2 Å². The maximum absolute atomic E-state index is 12.8. The number of aliphatic imine (C=N–C) groups is 1. The van der Waals surface area contributed by atoms with Crippen molar-refractivity contribution in [2.24, 2.45) is 10.4 Å². The first-order valence-electron chi connectivity index (χ1n) is 13.7. The van der Waals surface area contributed by atoms with E-state index in [4.69, 9.17) is 25.8 Å². The van der Waals surface area contributed by atoms with Gasteiger partial charge in [0.2, 0.25) is 5.91 Å². The number of ketones is 1. The van der Waals surface area contributed by atoms with E-state index >= 15 is 0 Å². The number of hydrogen-bond acceptors (Lipinski definition) is 7. The third-order valence-electron chi connectivity index (χ3n) is 6.43. The van der Waals surface area contributed by atoms with Crippen LogP contribution in [-0.2, 0) is 20.7 Å². The van der Waals surface area contributed by atoms with Crippen LogP contribution in [-0.4, -0.2) is 48.8 Å². The third-order valence-corrected chi connectivity index (χ3v) is 6.78. The number of anilines is 1. The molecule has 4 rings (SSSR count). The number of rotatable bonds is 12. The largest absolute Gasteiger partial charge is 0.489 e. The first-order chi connectivity index (χ1) is 19.5. The Bertz CT molecular complexity index is 1510. The van der Waals surface area contributed by atoms with Crippen molar-refractivity contribution in [2.45, 2.75) is 47.5 Å². The highest BCUT2D eigenvalue weighted by atomic mass is 35.5.